The van der Waals surface area contributed by atoms with Gasteiger partial charge in [-0.2, -0.15) is 0 Å². The molecule has 1 aromatic heterocycles. The molecule has 0 unspecified atom stereocenters. The number of benzene rings is 8. The van der Waals surface area contributed by atoms with Gasteiger partial charge in [-0.25, -0.2) is 0 Å². The Morgan fingerprint density at radius 3 is 1.14 bits per heavy atom. The zero-order valence-corrected chi connectivity index (χ0v) is 24.2. The molecule has 43 heavy (non-hydrogen) atoms. The summed E-state index contributed by atoms with van der Waals surface area (Å²) in [5, 5.41) is 10.5. The van der Waals surface area contributed by atoms with E-state index in [-0.39, 0.29) is 0 Å². The first-order chi connectivity index (χ1) is 21.3. The van der Waals surface area contributed by atoms with Crippen molar-refractivity contribution in [3.63, 3.8) is 0 Å². The second kappa shape index (κ2) is 9.66. The summed E-state index contributed by atoms with van der Waals surface area (Å²) in [6.07, 6.45) is 0. The monoisotopic (exact) mass is 562 g/mol. The third kappa shape index (κ3) is 3.97. The lowest BCUT2D eigenvalue weighted by molar-refractivity contribution is 1.59. The summed E-state index contributed by atoms with van der Waals surface area (Å²) < 4.78 is 2.69. The second-order valence-electron chi connectivity index (χ2n) is 11.3. The molecular formula is C42H26S. The zero-order chi connectivity index (χ0) is 28.3. The van der Waals surface area contributed by atoms with E-state index in [1.807, 2.05) is 11.3 Å². The van der Waals surface area contributed by atoms with Gasteiger partial charge in [0, 0.05) is 20.2 Å². The second-order valence-corrected chi connectivity index (χ2v) is 12.4. The van der Waals surface area contributed by atoms with Crippen molar-refractivity contribution in [2.45, 2.75) is 0 Å². The van der Waals surface area contributed by atoms with Crippen LogP contribution in [0.4, 0.5) is 0 Å². The van der Waals surface area contributed by atoms with E-state index >= 15 is 0 Å². The molecule has 0 nitrogen and oxygen atoms in total. The zero-order valence-electron chi connectivity index (χ0n) is 23.4. The lowest BCUT2D eigenvalue weighted by atomic mass is 9.91. The van der Waals surface area contributed by atoms with Crippen molar-refractivity contribution in [1.29, 1.82) is 0 Å². The summed E-state index contributed by atoms with van der Waals surface area (Å²) in [5.74, 6) is 0. The summed E-state index contributed by atoms with van der Waals surface area (Å²) in [5.41, 5.74) is 7.44. The quantitative estimate of drug-likeness (QED) is 0.188. The third-order valence-corrected chi connectivity index (χ3v) is 10.0. The summed E-state index contributed by atoms with van der Waals surface area (Å²) in [6, 6.07) is 58.0. The van der Waals surface area contributed by atoms with Crippen molar-refractivity contribution >= 4 is 63.8 Å². The molecule has 1 heterocycles. The highest BCUT2D eigenvalue weighted by Crippen LogP contribution is 2.38. The van der Waals surface area contributed by atoms with Crippen molar-refractivity contribution in [2.24, 2.45) is 0 Å². The van der Waals surface area contributed by atoms with Gasteiger partial charge in [-0.3, -0.25) is 0 Å². The maximum atomic E-state index is 2.36. The fraction of sp³-hybridized carbons (Fsp3) is 0. The molecule has 0 fully saturated rings. The van der Waals surface area contributed by atoms with E-state index in [0.29, 0.717) is 0 Å². The van der Waals surface area contributed by atoms with Crippen LogP contribution in [0.5, 0.6) is 0 Å². The molecule has 1 heteroatoms. The Morgan fingerprint density at radius 2 is 0.581 bits per heavy atom. The van der Waals surface area contributed by atoms with Gasteiger partial charge in [-0.15, -0.1) is 11.3 Å². The molecule has 0 aliphatic rings. The number of hydrogen-bond donors (Lipinski definition) is 0. The summed E-state index contributed by atoms with van der Waals surface area (Å²) in [4.78, 5) is 0. The summed E-state index contributed by atoms with van der Waals surface area (Å²) in [6.45, 7) is 0. The van der Waals surface area contributed by atoms with E-state index in [2.05, 4.69) is 158 Å². The molecule has 0 atom stereocenters. The Hall–Kier alpha value is -5.24. The van der Waals surface area contributed by atoms with Crippen LogP contribution < -0.4 is 0 Å². The molecular weight excluding hydrogens is 537 g/mol. The fourth-order valence-corrected chi connectivity index (χ4v) is 7.79. The third-order valence-electron chi connectivity index (χ3n) is 8.89. The minimum absolute atomic E-state index is 1.23. The lowest BCUT2D eigenvalue weighted by Crippen LogP contribution is -1.85. The maximum Gasteiger partial charge on any atom is 0.0355 e. The van der Waals surface area contributed by atoms with Crippen molar-refractivity contribution < 1.29 is 0 Å². The van der Waals surface area contributed by atoms with Gasteiger partial charge in [-0.05, 0) is 90.0 Å². The minimum atomic E-state index is 1.23. The molecule has 0 aliphatic heterocycles. The van der Waals surface area contributed by atoms with Crippen LogP contribution >= 0.6 is 11.3 Å². The first kappa shape index (κ1) is 24.4. The van der Waals surface area contributed by atoms with Crippen molar-refractivity contribution in [1.82, 2.24) is 0 Å². The van der Waals surface area contributed by atoms with Crippen molar-refractivity contribution in [3.8, 4) is 33.4 Å². The molecule has 9 rings (SSSR count). The molecule has 0 aliphatic carbocycles. The van der Waals surface area contributed by atoms with Gasteiger partial charge in [0.25, 0.3) is 0 Å². The molecule has 9 aromatic rings. The Balaban J connectivity index is 1.05. The normalized spacial score (nSPS) is 11.7. The predicted octanol–water partition coefficient (Wildman–Crippen LogP) is 12.5. The number of fused-ring (bicyclic) bond motifs is 9. The van der Waals surface area contributed by atoms with Crippen LogP contribution in [0.15, 0.2) is 158 Å². The summed E-state index contributed by atoms with van der Waals surface area (Å²) >= 11 is 1.87. The van der Waals surface area contributed by atoms with Gasteiger partial charge >= 0.3 is 0 Å². The van der Waals surface area contributed by atoms with Crippen LogP contribution in [-0.2, 0) is 0 Å². The van der Waals surface area contributed by atoms with Gasteiger partial charge in [0.2, 0.25) is 0 Å². The smallest absolute Gasteiger partial charge is 0.0355 e. The lowest BCUT2D eigenvalue weighted by Gasteiger charge is -2.12. The Bertz CT molecular complexity index is 2440. The number of rotatable bonds is 3. The fourth-order valence-electron chi connectivity index (χ4n) is 6.70. The minimum Gasteiger partial charge on any atom is -0.135 e. The highest BCUT2D eigenvalue weighted by atomic mass is 32.1. The van der Waals surface area contributed by atoms with Crippen LogP contribution in [0, 0.1) is 0 Å². The average molecular weight is 563 g/mol. The summed E-state index contributed by atoms with van der Waals surface area (Å²) in [7, 11) is 0. The first-order valence-corrected chi connectivity index (χ1v) is 15.6. The number of hydrogen-bond acceptors (Lipinski definition) is 1. The maximum absolute atomic E-state index is 2.36. The first-order valence-electron chi connectivity index (χ1n) is 14.8. The van der Waals surface area contributed by atoms with Crippen molar-refractivity contribution in [2.75, 3.05) is 0 Å². The Labute approximate surface area is 254 Å². The van der Waals surface area contributed by atoms with Gasteiger partial charge in [0.1, 0.15) is 0 Å². The highest BCUT2D eigenvalue weighted by molar-refractivity contribution is 7.25. The predicted molar refractivity (Wildman–Crippen MR) is 188 cm³/mol. The van der Waals surface area contributed by atoms with E-state index in [1.54, 1.807) is 0 Å². The molecule has 0 bridgehead atoms. The molecule has 0 radical (unpaired) electrons. The average Bonchev–Trinajstić information content (AvgIpc) is 3.46. The van der Waals surface area contributed by atoms with Crippen LogP contribution in [0.25, 0.3) is 85.9 Å². The molecule has 0 N–H and O–H groups in total. The van der Waals surface area contributed by atoms with Gasteiger partial charge in [0.05, 0.1) is 0 Å². The SMILES string of the molecule is c1ccc2c(c1)sc1ccc(-c3ccc(-c4ccc(-c5ccc6c7ccccc7c7ccccc7c6c5)cc4)cc3)cc12. The van der Waals surface area contributed by atoms with Crippen molar-refractivity contribution in [3.05, 3.63) is 158 Å². The molecule has 8 aromatic carbocycles. The van der Waals surface area contributed by atoms with E-state index in [0.717, 1.165) is 0 Å². The molecule has 200 valence electrons. The Morgan fingerprint density at radius 1 is 0.233 bits per heavy atom. The molecule has 0 amide bonds. The van der Waals surface area contributed by atoms with Gasteiger partial charge in [0.15, 0.2) is 0 Å². The van der Waals surface area contributed by atoms with E-state index < -0.39 is 0 Å². The van der Waals surface area contributed by atoms with Crippen LogP contribution in [0.3, 0.4) is 0 Å². The highest BCUT2D eigenvalue weighted by Gasteiger charge is 2.10. The topological polar surface area (TPSA) is 0 Å². The molecule has 0 saturated carbocycles. The van der Waals surface area contributed by atoms with Gasteiger partial charge < -0.3 is 0 Å². The largest absolute Gasteiger partial charge is 0.135 e. The van der Waals surface area contributed by atoms with E-state index in [4.69, 9.17) is 0 Å². The van der Waals surface area contributed by atoms with E-state index in [1.165, 1.54) is 85.9 Å². The van der Waals surface area contributed by atoms with Crippen LogP contribution in [0.2, 0.25) is 0 Å². The molecule has 0 spiro atoms. The van der Waals surface area contributed by atoms with E-state index in [9.17, 15) is 0 Å². The van der Waals surface area contributed by atoms with Crippen LogP contribution in [0.1, 0.15) is 0 Å². The number of thiophene rings is 1. The van der Waals surface area contributed by atoms with Crippen LogP contribution in [-0.4, -0.2) is 0 Å². The standard InChI is InChI=1S/C42H26S/c1-2-9-35-33(7-1)34-8-3-4-10-36(34)39-25-31(21-23-37(35)39)29-17-13-27(14-18-29)28-15-19-30(20-16-28)32-22-24-42-40(26-32)38-11-5-6-12-41(38)43-42/h1-26H. The Kier molecular flexibility index (Phi) is 5.47. The van der Waals surface area contributed by atoms with Gasteiger partial charge in [-0.1, -0.05) is 133 Å². The molecule has 0 saturated heterocycles.